The van der Waals surface area contributed by atoms with Crippen molar-refractivity contribution in [2.75, 3.05) is 23.4 Å². The van der Waals surface area contributed by atoms with Crippen LogP contribution in [0.3, 0.4) is 0 Å². The molecule has 0 amide bonds. The van der Waals surface area contributed by atoms with Crippen molar-refractivity contribution in [1.29, 1.82) is 0 Å². The number of hydrogen-bond donors (Lipinski definition) is 1. The number of halogens is 1. The number of benzene rings is 1. The van der Waals surface area contributed by atoms with E-state index in [-0.39, 0.29) is 12.4 Å². The van der Waals surface area contributed by atoms with Crippen LogP contribution in [0.15, 0.2) is 39.0 Å². The number of rotatable bonds is 8. The van der Waals surface area contributed by atoms with E-state index in [0.717, 1.165) is 18.6 Å². The van der Waals surface area contributed by atoms with Crippen LogP contribution >= 0.6 is 23.7 Å². The van der Waals surface area contributed by atoms with Gasteiger partial charge in [0.05, 0.1) is 6.54 Å². The number of nitrogens with zero attached hydrogens (tertiary/aromatic N) is 4. The molecule has 0 radical (unpaired) electrons. The van der Waals surface area contributed by atoms with Crippen molar-refractivity contribution >= 4 is 40.7 Å². The molecule has 0 bridgehead atoms. The van der Waals surface area contributed by atoms with Gasteiger partial charge in [0.2, 0.25) is 0 Å². The van der Waals surface area contributed by atoms with Crippen LogP contribution in [0.4, 0.5) is 10.2 Å². The first-order chi connectivity index (χ1) is 13.9. The Labute approximate surface area is 175 Å². The van der Waals surface area contributed by atoms with Gasteiger partial charge in [-0.2, -0.15) is 0 Å². The highest BCUT2D eigenvalue weighted by Crippen LogP contribution is 2.27. The van der Waals surface area contributed by atoms with Gasteiger partial charge in [-0.25, -0.2) is 14.4 Å². The third kappa shape index (κ3) is 4.81. The van der Waals surface area contributed by atoms with E-state index < -0.39 is 11.1 Å². The van der Waals surface area contributed by atoms with Gasteiger partial charge in [0.15, 0.2) is 16.6 Å². The Morgan fingerprint density at radius 1 is 1.21 bits per heavy atom. The number of anilines is 1. The van der Waals surface area contributed by atoms with Gasteiger partial charge < -0.3 is 9.29 Å². The summed E-state index contributed by atoms with van der Waals surface area (Å²) in [6.45, 7) is 2.22. The molecule has 0 atom stereocenters. The third-order valence-electron chi connectivity index (χ3n) is 4.34. The van der Waals surface area contributed by atoms with E-state index in [2.05, 4.69) is 21.9 Å². The summed E-state index contributed by atoms with van der Waals surface area (Å²) < 4.78 is 16.4. The lowest BCUT2D eigenvalue weighted by Crippen LogP contribution is -2.37. The van der Waals surface area contributed by atoms with Crippen molar-refractivity contribution in [3.05, 3.63) is 56.4 Å². The van der Waals surface area contributed by atoms with E-state index in [9.17, 15) is 14.0 Å². The molecule has 10 heteroatoms. The number of unbranched alkanes of at least 4 members (excludes halogenated alkanes) is 1. The smallest absolute Gasteiger partial charge is 0.311 e. The van der Waals surface area contributed by atoms with Gasteiger partial charge in [-0.1, -0.05) is 49.2 Å². The molecule has 0 aliphatic heterocycles. The van der Waals surface area contributed by atoms with E-state index in [1.54, 1.807) is 12.1 Å². The lowest BCUT2D eigenvalue weighted by atomic mass is 10.2. The molecule has 154 valence electrons. The van der Waals surface area contributed by atoms with Gasteiger partial charge in [-0.05, 0) is 24.1 Å². The van der Waals surface area contributed by atoms with Crippen LogP contribution in [0.5, 0.6) is 0 Å². The Hall–Kier alpha value is -2.33. The molecule has 1 N–H and O–H groups in total. The van der Waals surface area contributed by atoms with E-state index in [4.69, 9.17) is 0 Å². The number of aromatic amines is 1. The molecule has 3 rings (SSSR count). The molecule has 0 saturated carbocycles. The normalized spacial score (nSPS) is 11.2. The highest BCUT2D eigenvalue weighted by Gasteiger charge is 2.18. The number of nitrogens with one attached hydrogen (secondary N) is 1. The Bertz CT molecular complexity index is 1110. The summed E-state index contributed by atoms with van der Waals surface area (Å²) in [7, 11) is 1.83. The van der Waals surface area contributed by atoms with Crippen LogP contribution in [0.2, 0.25) is 0 Å². The second kappa shape index (κ2) is 9.45. The number of H-pyrrole nitrogens is 1. The Morgan fingerprint density at radius 2 is 1.93 bits per heavy atom. The van der Waals surface area contributed by atoms with Gasteiger partial charge in [-0.3, -0.25) is 14.2 Å². The standard InChI is InChI=1S/C19H22FN5O2S2/c1-4-5-10-29-19-22-15(24(2)28-3)14-16(23-19)25(18(27)17(26)21-14)11-12-6-8-13(20)9-7-12/h6-9H,4-5,10-11H2,1-3H3,(H,21,26). The van der Waals surface area contributed by atoms with E-state index in [1.807, 2.05) is 17.6 Å². The maximum absolute atomic E-state index is 13.2. The van der Waals surface area contributed by atoms with E-state index in [0.29, 0.717) is 27.7 Å². The lowest BCUT2D eigenvalue weighted by molar-refractivity contribution is 0.626. The fraction of sp³-hybridized carbons (Fsp3) is 0.368. The topological polar surface area (TPSA) is 83.9 Å². The monoisotopic (exact) mass is 435 g/mol. The van der Waals surface area contributed by atoms with Gasteiger partial charge in [-0.15, -0.1) is 0 Å². The molecule has 7 nitrogen and oxygen atoms in total. The maximum atomic E-state index is 13.2. The zero-order valence-corrected chi connectivity index (χ0v) is 18.1. The maximum Gasteiger partial charge on any atom is 0.318 e. The summed E-state index contributed by atoms with van der Waals surface area (Å²) in [4.78, 5) is 36.8. The molecular formula is C19H22FN5O2S2. The Morgan fingerprint density at radius 3 is 2.59 bits per heavy atom. The van der Waals surface area contributed by atoms with Crippen molar-refractivity contribution in [2.45, 2.75) is 31.5 Å². The highest BCUT2D eigenvalue weighted by atomic mass is 32.2. The van der Waals surface area contributed by atoms with Gasteiger partial charge >= 0.3 is 11.1 Å². The summed E-state index contributed by atoms with van der Waals surface area (Å²) in [5, 5.41) is 0.543. The van der Waals surface area contributed by atoms with Crippen molar-refractivity contribution in [2.24, 2.45) is 0 Å². The molecule has 0 aliphatic carbocycles. The first-order valence-electron chi connectivity index (χ1n) is 9.14. The quantitative estimate of drug-likeness (QED) is 0.191. The molecule has 0 unspecified atom stereocenters. The van der Waals surface area contributed by atoms with E-state index in [1.165, 1.54) is 40.4 Å². The molecule has 1 aromatic carbocycles. The summed E-state index contributed by atoms with van der Waals surface area (Å²) in [5.41, 5.74) is -0.00988. The van der Waals surface area contributed by atoms with Crippen LogP contribution in [-0.4, -0.2) is 38.6 Å². The number of aromatic nitrogens is 4. The highest BCUT2D eigenvalue weighted by molar-refractivity contribution is 8.00. The van der Waals surface area contributed by atoms with Crippen LogP contribution in [0, 0.1) is 5.82 Å². The molecule has 0 fully saturated rings. The molecule has 2 heterocycles. The predicted octanol–water partition coefficient (Wildman–Crippen LogP) is 3.27. The van der Waals surface area contributed by atoms with Crippen LogP contribution in [-0.2, 0) is 6.54 Å². The fourth-order valence-corrected chi connectivity index (χ4v) is 3.94. The summed E-state index contributed by atoms with van der Waals surface area (Å²) in [5.74, 6) is 1.03. The van der Waals surface area contributed by atoms with Crippen LogP contribution < -0.4 is 15.4 Å². The van der Waals surface area contributed by atoms with Crippen molar-refractivity contribution < 1.29 is 4.39 Å². The fourth-order valence-electron chi connectivity index (χ4n) is 2.72. The van der Waals surface area contributed by atoms with Crippen molar-refractivity contribution in [3.63, 3.8) is 0 Å². The second-order valence-corrected chi connectivity index (χ2v) is 8.36. The molecule has 3 aromatic rings. The Balaban J connectivity index is 2.20. The largest absolute Gasteiger partial charge is 0.318 e. The SMILES string of the molecule is CCCCSc1nc(N(C)SC)c2[nH]c(=O)c(=O)n(Cc3ccc(F)cc3)c2n1. The third-order valence-corrected chi connectivity index (χ3v) is 5.99. The number of fused-ring (bicyclic) bond motifs is 1. The van der Waals surface area contributed by atoms with Gasteiger partial charge in [0.25, 0.3) is 0 Å². The zero-order chi connectivity index (χ0) is 21.0. The molecule has 0 aliphatic rings. The van der Waals surface area contributed by atoms with Gasteiger partial charge in [0.1, 0.15) is 11.3 Å². The molecule has 29 heavy (non-hydrogen) atoms. The molecule has 0 saturated heterocycles. The lowest BCUT2D eigenvalue weighted by Gasteiger charge is -2.18. The summed E-state index contributed by atoms with van der Waals surface area (Å²) in [6.07, 6.45) is 3.97. The molecule has 2 aromatic heterocycles. The Kier molecular flexibility index (Phi) is 6.96. The first-order valence-corrected chi connectivity index (χ1v) is 11.3. The van der Waals surface area contributed by atoms with Crippen molar-refractivity contribution in [3.8, 4) is 0 Å². The predicted molar refractivity (Wildman–Crippen MR) is 117 cm³/mol. The minimum absolute atomic E-state index is 0.109. The second-order valence-electron chi connectivity index (χ2n) is 6.38. The van der Waals surface area contributed by atoms with Crippen molar-refractivity contribution in [1.82, 2.24) is 19.5 Å². The van der Waals surface area contributed by atoms with Crippen LogP contribution in [0.1, 0.15) is 25.3 Å². The summed E-state index contributed by atoms with van der Waals surface area (Å²) >= 11 is 2.95. The number of thioether (sulfide) groups is 1. The van der Waals surface area contributed by atoms with Gasteiger partial charge in [0, 0.05) is 19.1 Å². The first kappa shape index (κ1) is 21.4. The van der Waals surface area contributed by atoms with E-state index >= 15 is 0 Å². The molecule has 0 spiro atoms. The molecular weight excluding hydrogens is 413 g/mol. The minimum atomic E-state index is -0.745. The zero-order valence-electron chi connectivity index (χ0n) is 16.4. The summed E-state index contributed by atoms with van der Waals surface area (Å²) in [6, 6.07) is 5.82. The average Bonchev–Trinajstić information content (AvgIpc) is 2.72. The minimum Gasteiger partial charge on any atom is -0.311 e. The number of hydrogen-bond acceptors (Lipinski definition) is 7. The average molecular weight is 436 g/mol. The van der Waals surface area contributed by atoms with Crippen LogP contribution in [0.25, 0.3) is 11.2 Å².